The Morgan fingerprint density at radius 1 is 1.27 bits per heavy atom. The van der Waals surface area contributed by atoms with Crippen molar-refractivity contribution in [2.45, 2.75) is 20.4 Å². The monoisotopic (exact) mass is 362 g/mol. The van der Waals surface area contributed by atoms with Crippen LogP contribution in [-0.2, 0) is 11.3 Å². The first kappa shape index (κ1) is 19.8. The summed E-state index contributed by atoms with van der Waals surface area (Å²) in [5, 5.41) is 3.34. The molecule has 1 fully saturated rings. The Morgan fingerprint density at radius 3 is 2.58 bits per heavy atom. The van der Waals surface area contributed by atoms with Gasteiger partial charge in [0.15, 0.2) is 5.96 Å². The number of guanidine groups is 1. The van der Waals surface area contributed by atoms with E-state index in [2.05, 4.69) is 22.1 Å². The van der Waals surface area contributed by atoms with Crippen LogP contribution in [0.2, 0.25) is 0 Å². The third kappa shape index (κ3) is 5.50. The van der Waals surface area contributed by atoms with Crippen LogP contribution < -0.4 is 10.2 Å². The molecular weight excluding hydrogens is 332 g/mol. The summed E-state index contributed by atoms with van der Waals surface area (Å²) in [6.07, 6.45) is 1.58. The van der Waals surface area contributed by atoms with Gasteiger partial charge in [-0.25, -0.2) is 14.8 Å². The molecule has 0 saturated carbocycles. The van der Waals surface area contributed by atoms with Crippen LogP contribution in [0.15, 0.2) is 23.3 Å². The first-order chi connectivity index (χ1) is 12.5. The number of carbonyl (C=O) groups is 1. The van der Waals surface area contributed by atoms with Crippen LogP contribution in [0.1, 0.15) is 19.4 Å². The van der Waals surface area contributed by atoms with Crippen LogP contribution in [0, 0.1) is 0 Å². The summed E-state index contributed by atoms with van der Waals surface area (Å²) >= 11 is 0. The predicted molar refractivity (Wildman–Crippen MR) is 104 cm³/mol. The molecule has 0 atom stereocenters. The number of aromatic nitrogens is 1. The van der Waals surface area contributed by atoms with E-state index in [1.165, 1.54) is 0 Å². The van der Waals surface area contributed by atoms with Gasteiger partial charge < -0.3 is 24.8 Å². The second kappa shape index (κ2) is 9.84. The maximum atomic E-state index is 11.8. The molecule has 0 spiro atoms. The number of aliphatic imine (C=N–C) groups is 1. The van der Waals surface area contributed by atoms with Crippen molar-refractivity contribution in [1.29, 1.82) is 0 Å². The van der Waals surface area contributed by atoms with Crippen molar-refractivity contribution in [1.82, 2.24) is 20.1 Å². The SMILES string of the molecule is CCNC(=NCc1ccnc(N(C)C)c1)N1CCN(C(=O)OCC)CC1. The summed E-state index contributed by atoms with van der Waals surface area (Å²) in [5.74, 6) is 1.80. The van der Waals surface area contributed by atoms with Crippen molar-refractivity contribution in [2.75, 3.05) is 58.3 Å². The summed E-state index contributed by atoms with van der Waals surface area (Å²) in [5.41, 5.74) is 1.12. The van der Waals surface area contributed by atoms with Gasteiger partial charge in [-0.3, -0.25) is 0 Å². The molecule has 1 saturated heterocycles. The lowest BCUT2D eigenvalue weighted by atomic mass is 10.2. The molecule has 8 heteroatoms. The summed E-state index contributed by atoms with van der Waals surface area (Å²) in [6, 6.07) is 4.03. The van der Waals surface area contributed by atoms with Crippen LogP contribution in [0.3, 0.4) is 0 Å². The lowest BCUT2D eigenvalue weighted by Gasteiger charge is -2.35. The number of nitrogens with zero attached hydrogens (tertiary/aromatic N) is 5. The van der Waals surface area contributed by atoms with E-state index in [1.54, 1.807) is 4.90 Å². The Hall–Kier alpha value is -2.51. The molecule has 1 aliphatic heterocycles. The molecule has 1 aromatic heterocycles. The molecule has 1 N–H and O–H groups in total. The fourth-order valence-corrected chi connectivity index (χ4v) is 2.71. The van der Waals surface area contributed by atoms with E-state index in [1.807, 2.05) is 44.2 Å². The summed E-state index contributed by atoms with van der Waals surface area (Å²) in [4.78, 5) is 26.8. The number of nitrogens with one attached hydrogen (secondary N) is 1. The van der Waals surface area contributed by atoms with E-state index >= 15 is 0 Å². The summed E-state index contributed by atoms with van der Waals surface area (Å²) < 4.78 is 5.07. The van der Waals surface area contributed by atoms with Gasteiger partial charge >= 0.3 is 6.09 Å². The molecule has 0 aromatic carbocycles. The highest BCUT2D eigenvalue weighted by molar-refractivity contribution is 5.80. The lowest BCUT2D eigenvalue weighted by molar-refractivity contribution is 0.0914. The van der Waals surface area contributed by atoms with Gasteiger partial charge in [-0.05, 0) is 31.5 Å². The van der Waals surface area contributed by atoms with Crippen molar-refractivity contribution in [2.24, 2.45) is 4.99 Å². The molecule has 1 aromatic rings. The van der Waals surface area contributed by atoms with Crippen molar-refractivity contribution < 1.29 is 9.53 Å². The average Bonchev–Trinajstić information content (AvgIpc) is 2.65. The second-order valence-electron chi connectivity index (χ2n) is 6.26. The highest BCUT2D eigenvalue weighted by Gasteiger charge is 2.23. The zero-order valence-corrected chi connectivity index (χ0v) is 16.2. The Labute approximate surface area is 155 Å². The van der Waals surface area contributed by atoms with Crippen molar-refractivity contribution in [3.8, 4) is 0 Å². The zero-order chi connectivity index (χ0) is 18.9. The molecule has 0 unspecified atom stereocenters. The standard InChI is InChI=1S/C18H30N6O2/c1-5-19-17(21-14-15-7-8-20-16(13-15)22(3)4)23-9-11-24(12-10-23)18(25)26-6-2/h7-8,13H,5-6,9-12,14H2,1-4H3,(H,19,21). The number of carbonyl (C=O) groups excluding carboxylic acids is 1. The molecule has 26 heavy (non-hydrogen) atoms. The Morgan fingerprint density at radius 2 is 1.96 bits per heavy atom. The predicted octanol–water partition coefficient (Wildman–Crippen LogP) is 1.39. The molecule has 2 heterocycles. The molecule has 1 aliphatic rings. The van der Waals surface area contributed by atoms with Crippen molar-refractivity contribution in [3.63, 3.8) is 0 Å². The van der Waals surface area contributed by atoms with Gasteiger partial charge in [0.05, 0.1) is 13.2 Å². The number of anilines is 1. The minimum Gasteiger partial charge on any atom is -0.450 e. The van der Waals surface area contributed by atoms with Gasteiger partial charge in [-0.1, -0.05) is 0 Å². The Bertz CT molecular complexity index is 611. The van der Waals surface area contributed by atoms with E-state index in [0.29, 0.717) is 26.2 Å². The van der Waals surface area contributed by atoms with E-state index in [4.69, 9.17) is 9.73 Å². The average molecular weight is 362 g/mol. The number of pyridine rings is 1. The van der Waals surface area contributed by atoms with Gasteiger partial charge in [-0.2, -0.15) is 0 Å². The Balaban J connectivity index is 1.99. The van der Waals surface area contributed by atoms with Gasteiger partial charge in [0, 0.05) is 53.0 Å². The fraction of sp³-hybridized carbons (Fsp3) is 0.611. The number of hydrogen-bond donors (Lipinski definition) is 1. The van der Waals surface area contributed by atoms with E-state index < -0.39 is 0 Å². The summed E-state index contributed by atoms with van der Waals surface area (Å²) in [7, 11) is 3.95. The molecular formula is C18H30N6O2. The van der Waals surface area contributed by atoms with Crippen LogP contribution in [0.4, 0.5) is 10.6 Å². The van der Waals surface area contributed by atoms with Crippen molar-refractivity contribution in [3.05, 3.63) is 23.9 Å². The molecule has 144 valence electrons. The van der Waals surface area contributed by atoms with Gasteiger partial charge in [0.1, 0.15) is 5.82 Å². The van der Waals surface area contributed by atoms with Crippen LogP contribution in [0.25, 0.3) is 0 Å². The van der Waals surface area contributed by atoms with Crippen LogP contribution in [0.5, 0.6) is 0 Å². The van der Waals surface area contributed by atoms with E-state index in [9.17, 15) is 4.79 Å². The third-order valence-corrected chi connectivity index (χ3v) is 4.12. The Kier molecular flexibility index (Phi) is 7.50. The number of piperazine rings is 1. The topological polar surface area (TPSA) is 73.3 Å². The minimum atomic E-state index is -0.234. The molecule has 1 amide bonds. The largest absolute Gasteiger partial charge is 0.450 e. The number of rotatable bonds is 5. The second-order valence-corrected chi connectivity index (χ2v) is 6.26. The quantitative estimate of drug-likeness (QED) is 0.630. The number of hydrogen-bond acceptors (Lipinski definition) is 5. The van der Waals surface area contributed by atoms with Gasteiger partial charge in [-0.15, -0.1) is 0 Å². The molecule has 0 radical (unpaired) electrons. The van der Waals surface area contributed by atoms with Crippen LogP contribution in [-0.4, -0.2) is 80.3 Å². The summed E-state index contributed by atoms with van der Waals surface area (Å²) in [6.45, 7) is 8.44. The number of amides is 1. The highest BCUT2D eigenvalue weighted by Crippen LogP contribution is 2.11. The van der Waals surface area contributed by atoms with Gasteiger partial charge in [0.2, 0.25) is 0 Å². The van der Waals surface area contributed by atoms with E-state index in [0.717, 1.165) is 37.0 Å². The minimum absolute atomic E-state index is 0.234. The zero-order valence-electron chi connectivity index (χ0n) is 16.2. The van der Waals surface area contributed by atoms with E-state index in [-0.39, 0.29) is 6.09 Å². The van der Waals surface area contributed by atoms with Gasteiger partial charge in [0.25, 0.3) is 0 Å². The fourth-order valence-electron chi connectivity index (χ4n) is 2.71. The molecule has 8 nitrogen and oxygen atoms in total. The third-order valence-electron chi connectivity index (χ3n) is 4.12. The first-order valence-corrected chi connectivity index (χ1v) is 9.12. The maximum Gasteiger partial charge on any atom is 0.409 e. The molecule has 0 bridgehead atoms. The highest BCUT2D eigenvalue weighted by atomic mass is 16.6. The number of ether oxygens (including phenoxy) is 1. The van der Waals surface area contributed by atoms with Crippen molar-refractivity contribution >= 4 is 17.9 Å². The molecule has 0 aliphatic carbocycles. The normalized spacial score (nSPS) is 15.0. The lowest BCUT2D eigenvalue weighted by Crippen LogP contribution is -2.53. The smallest absolute Gasteiger partial charge is 0.409 e. The first-order valence-electron chi connectivity index (χ1n) is 9.12. The van der Waals surface area contributed by atoms with Crippen LogP contribution >= 0.6 is 0 Å². The molecule has 2 rings (SSSR count). The maximum absolute atomic E-state index is 11.8.